The number of carbonyl (C=O) groups is 2. The minimum absolute atomic E-state index is 0.252. The van der Waals surface area contributed by atoms with Crippen molar-refractivity contribution in [3.05, 3.63) is 30.3 Å². The summed E-state index contributed by atoms with van der Waals surface area (Å²) in [7, 11) is 0. The van der Waals surface area contributed by atoms with Gasteiger partial charge in [0.25, 0.3) is 0 Å². The number of likely N-dealkylation sites (tertiary alicyclic amines) is 1. The van der Waals surface area contributed by atoms with E-state index in [1.54, 1.807) is 24.3 Å². The molecule has 1 aliphatic rings. The number of ether oxygens (including phenoxy) is 1. The summed E-state index contributed by atoms with van der Waals surface area (Å²) in [5.41, 5.74) is 5.19. The molecule has 0 spiro atoms. The molecule has 1 atom stereocenters. The summed E-state index contributed by atoms with van der Waals surface area (Å²) in [6, 6.07) is 8.84. The van der Waals surface area contributed by atoms with E-state index < -0.39 is 6.09 Å². The van der Waals surface area contributed by atoms with Crippen LogP contribution in [0.15, 0.2) is 30.3 Å². The quantitative estimate of drug-likeness (QED) is 0.829. The Bertz CT molecular complexity index is 419. The monoisotopic (exact) mass is 234 g/mol. The normalized spacial score (nSPS) is 19.1. The van der Waals surface area contributed by atoms with Gasteiger partial charge in [0.05, 0.1) is 5.92 Å². The molecule has 1 aromatic rings. The highest BCUT2D eigenvalue weighted by Gasteiger charge is 2.30. The Morgan fingerprint density at radius 2 is 2.00 bits per heavy atom. The average Bonchev–Trinajstić information content (AvgIpc) is 2.79. The average molecular weight is 234 g/mol. The molecule has 90 valence electrons. The second-order valence-electron chi connectivity index (χ2n) is 4.02. The summed E-state index contributed by atoms with van der Waals surface area (Å²) >= 11 is 0. The van der Waals surface area contributed by atoms with Crippen LogP contribution in [0.1, 0.15) is 6.42 Å². The molecule has 1 saturated heterocycles. The molecule has 1 fully saturated rings. The van der Waals surface area contributed by atoms with Crippen molar-refractivity contribution < 1.29 is 14.3 Å². The van der Waals surface area contributed by atoms with Crippen LogP contribution in [0.25, 0.3) is 0 Å². The second kappa shape index (κ2) is 4.86. The Labute approximate surface area is 99.2 Å². The van der Waals surface area contributed by atoms with Gasteiger partial charge in [-0.1, -0.05) is 18.2 Å². The molecule has 1 heterocycles. The van der Waals surface area contributed by atoms with Gasteiger partial charge in [0.1, 0.15) is 5.75 Å². The molecule has 2 rings (SSSR count). The fourth-order valence-electron chi connectivity index (χ4n) is 1.81. The number of benzene rings is 1. The summed E-state index contributed by atoms with van der Waals surface area (Å²) in [6.07, 6.45) is 0.180. The Morgan fingerprint density at radius 1 is 1.29 bits per heavy atom. The lowest BCUT2D eigenvalue weighted by Crippen LogP contribution is -2.33. The van der Waals surface area contributed by atoms with E-state index in [2.05, 4.69) is 0 Å². The third-order valence-electron chi connectivity index (χ3n) is 2.80. The predicted molar refractivity (Wildman–Crippen MR) is 61.3 cm³/mol. The van der Waals surface area contributed by atoms with Crippen LogP contribution < -0.4 is 10.5 Å². The molecule has 0 radical (unpaired) electrons. The van der Waals surface area contributed by atoms with Crippen molar-refractivity contribution in [2.45, 2.75) is 6.42 Å². The number of rotatable bonds is 2. The van der Waals surface area contributed by atoms with Crippen LogP contribution in [-0.2, 0) is 4.79 Å². The molecule has 5 nitrogen and oxygen atoms in total. The number of hydrogen-bond donors (Lipinski definition) is 1. The summed E-state index contributed by atoms with van der Waals surface area (Å²) < 4.78 is 5.16. The van der Waals surface area contributed by atoms with Crippen molar-refractivity contribution in [1.82, 2.24) is 4.90 Å². The molecule has 1 aromatic carbocycles. The molecule has 2 N–H and O–H groups in total. The standard InChI is InChI=1S/C12H14N2O3/c13-11(15)9-6-7-14(8-9)12(16)17-10-4-2-1-3-5-10/h1-5,9H,6-8H2,(H2,13,15). The third-order valence-corrected chi connectivity index (χ3v) is 2.80. The Kier molecular flexibility index (Phi) is 3.27. The van der Waals surface area contributed by atoms with Crippen molar-refractivity contribution in [3.63, 3.8) is 0 Å². The Morgan fingerprint density at radius 3 is 2.59 bits per heavy atom. The molecule has 17 heavy (non-hydrogen) atoms. The molecular weight excluding hydrogens is 220 g/mol. The van der Waals surface area contributed by atoms with E-state index >= 15 is 0 Å². The van der Waals surface area contributed by atoms with Gasteiger partial charge in [-0.05, 0) is 18.6 Å². The first-order chi connectivity index (χ1) is 8.16. The van der Waals surface area contributed by atoms with Crippen LogP contribution in [0.3, 0.4) is 0 Å². The minimum atomic E-state index is -0.431. The summed E-state index contributed by atoms with van der Waals surface area (Å²) in [4.78, 5) is 24.2. The van der Waals surface area contributed by atoms with E-state index in [0.717, 1.165) is 0 Å². The van der Waals surface area contributed by atoms with Gasteiger partial charge in [-0.2, -0.15) is 0 Å². The molecule has 5 heteroatoms. The van der Waals surface area contributed by atoms with Crippen LogP contribution in [0.4, 0.5) is 4.79 Å². The van der Waals surface area contributed by atoms with Crippen molar-refractivity contribution >= 4 is 12.0 Å². The third kappa shape index (κ3) is 2.75. The van der Waals surface area contributed by atoms with Gasteiger partial charge in [0, 0.05) is 13.1 Å². The highest BCUT2D eigenvalue weighted by atomic mass is 16.6. The van der Waals surface area contributed by atoms with Gasteiger partial charge in [-0.25, -0.2) is 4.79 Å². The minimum Gasteiger partial charge on any atom is -0.410 e. The van der Waals surface area contributed by atoms with Gasteiger partial charge in [-0.15, -0.1) is 0 Å². The number of primary amides is 1. The first-order valence-electron chi connectivity index (χ1n) is 5.48. The number of carbonyl (C=O) groups excluding carboxylic acids is 2. The van der Waals surface area contributed by atoms with Gasteiger partial charge in [-0.3, -0.25) is 4.79 Å². The Hall–Kier alpha value is -2.04. The highest BCUT2D eigenvalue weighted by molar-refractivity contribution is 5.79. The van der Waals surface area contributed by atoms with Crippen molar-refractivity contribution in [3.8, 4) is 5.75 Å². The maximum Gasteiger partial charge on any atom is 0.415 e. The van der Waals surface area contributed by atoms with Crippen LogP contribution in [0.5, 0.6) is 5.75 Å². The van der Waals surface area contributed by atoms with E-state index in [0.29, 0.717) is 25.3 Å². The highest BCUT2D eigenvalue weighted by Crippen LogP contribution is 2.18. The first-order valence-corrected chi connectivity index (χ1v) is 5.48. The number of nitrogens with zero attached hydrogens (tertiary/aromatic N) is 1. The van der Waals surface area contributed by atoms with Gasteiger partial charge >= 0.3 is 6.09 Å². The smallest absolute Gasteiger partial charge is 0.410 e. The van der Waals surface area contributed by atoms with Crippen LogP contribution >= 0.6 is 0 Å². The van der Waals surface area contributed by atoms with Crippen LogP contribution in [0, 0.1) is 5.92 Å². The van der Waals surface area contributed by atoms with Crippen molar-refractivity contribution in [2.24, 2.45) is 11.7 Å². The summed E-state index contributed by atoms with van der Waals surface area (Å²) in [5, 5.41) is 0. The zero-order chi connectivity index (χ0) is 12.3. The van der Waals surface area contributed by atoms with E-state index in [1.165, 1.54) is 4.90 Å². The van der Waals surface area contributed by atoms with Crippen LogP contribution in [0.2, 0.25) is 0 Å². The largest absolute Gasteiger partial charge is 0.415 e. The Balaban J connectivity index is 1.92. The SMILES string of the molecule is NC(=O)C1CCN(C(=O)Oc2ccccc2)C1. The number of para-hydroxylation sites is 1. The molecule has 0 aliphatic carbocycles. The lowest BCUT2D eigenvalue weighted by Gasteiger charge is -2.15. The zero-order valence-electron chi connectivity index (χ0n) is 9.33. The molecule has 0 saturated carbocycles. The summed E-state index contributed by atoms with van der Waals surface area (Å²) in [6.45, 7) is 0.861. The molecule has 1 unspecified atom stereocenters. The molecule has 1 aliphatic heterocycles. The molecule has 0 bridgehead atoms. The van der Waals surface area contributed by atoms with E-state index in [9.17, 15) is 9.59 Å². The molecule has 0 aromatic heterocycles. The summed E-state index contributed by atoms with van der Waals surface area (Å²) in [5.74, 6) is -0.113. The molecular formula is C12H14N2O3. The second-order valence-corrected chi connectivity index (χ2v) is 4.02. The zero-order valence-corrected chi connectivity index (χ0v) is 9.33. The van der Waals surface area contributed by atoms with E-state index in [-0.39, 0.29) is 11.8 Å². The fourth-order valence-corrected chi connectivity index (χ4v) is 1.81. The number of hydrogen-bond acceptors (Lipinski definition) is 3. The first kappa shape index (κ1) is 11.4. The van der Waals surface area contributed by atoms with Gasteiger partial charge in [0.2, 0.25) is 5.91 Å². The number of amides is 2. The van der Waals surface area contributed by atoms with Crippen molar-refractivity contribution in [2.75, 3.05) is 13.1 Å². The van der Waals surface area contributed by atoms with E-state index in [4.69, 9.17) is 10.5 Å². The predicted octanol–water partition coefficient (Wildman–Crippen LogP) is 0.993. The lowest BCUT2D eigenvalue weighted by molar-refractivity contribution is -0.121. The van der Waals surface area contributed by atoms with Gasteiger partial charge < -0.3 is 15.4 Å². The topological polar surface area (TPSA) is 72.6 Å². The maximum absolute atomic E-state index is 11.7. The van der Waals surface area contributed by atoms with Gasteiger partial charge in [0.15, 0.2) is 0 Å². The number of nitrogens with two attached hydrogens (primary N) is 1. The maximum atomic E-state index is 11.7. The molecule has 2 amide bonds. The van der Waals surface area contributed by atoms with Crippen LogP contribution in [-0.4, -0.2) is 30.0 Å². The fraction of sp³-hybridized carbons (Fsp3) is 0.333. The van der Waals surface area contributed by atoms with Crippen molar-refractivity contribution in [1.29, 1.82) is 0 Å². The van der Waals surface area contributed by atoms with E-state index in [1.807, 2.05) is 6.07 Å². The lowest BCUT2D eigenvalue weighted by atomic mass is 10.1.